The number of nitrogens with zero attached hydrogens (tertiary/aromatic N) is 1. The molecule has 0 aliphatic rings. The first-order chi connectivity index (χ1) is 10.1. The van der Waals surface area contributed by atoms with Crippen LogP contribution in [0.4, 0.5) is 0 Å². The van der Waals surface area contributed by atoms with E-state index in [0.29, 0.717) is 5.71 Å². The maximum absolute atomic E-state index is 9.40. The maximum atomic E-state index is 9.40. The van der Waals surface area contributed by atoms with Gasteiger partial charge in [-0.2, -0.15) is 0 Å². The van der Waals surface area contributed by atoms with E-state index < -0.39 is 0 Å². The van der Waals surface area contributed by atoms with Crippen molar-refractivity contribution >= 4 is 11.8 Å². The lowest BCUT2D eigenvalue weighted by Gasteiger charge is -2.24. The minimum Gasteiger partial charge on any atom is -0.411 e. The van der Waals surface area contributed by atoms with Gasteiger partial charge in [-0.3, -0.25) is 0 Å². The molecule has 0 aliphatic carbocycles. The van der Waals surface area contributed by atoms with Crippen LogP contribution in [0.1, 0.15) is 31.4 Å². The second-order valence-corrected chi connectivity index (χ2v) is 5.72. The van der Waals surface area contributed by atoms with Crippen LogP contribution < -0.4 is 0 Å². The van der Waals surface area contributed by atoms with E-state index in [2.05, 4.69) is 43.3 Å². The van der Waals surface area contributed by atoms with Crippen LogP contribution in [0, 0.1) is 5.41 Å². The first-order valence-electron chi connectivity index (χ1n) is 7.13. The summed E-state index contributed by atoms with van der Waals surface area (Å²) in [6.07, 6.45) is 5.03. The summed E-state index contributed by atoms with van der Waals surface area (Å²) < 4.78 is 0. The third kappa shape index (κ3) is 4.06. The van der Waals surface area contributed by atoms with Gasteiger partial charge in [-0.1, -0.05) is 91.8 Å². The molecule has 2 nitrogen and oxygen atoms in total. The Hall–Kier alpha value is -2.35. The van der Waals surface area contributed by atoms with Gasteiger partial charge in [0.2, 0.25) is 0 Å². The highest BCUT2D eigenvalue weighted by Crippen LogP contribution is 2.27. The SMILES string of the molecule is CC(C)(C/C=C/c1ccccc1)/C(=N/O)c1ccccc1. The smallest absolute Gasteiger partial charge is 0.0926 e. The molecule has 2 heteroatoms. The Kier molecular flexibility index (Phi) is 4.94. The minimum atomic E-state index is -0.235. The molecule has 0 aliphatic heterocycles. The predicted molar refractivity (Wildman–Crippen MR) is 88.6 cm³/mol. The van der Waals surface area contributed by atoms with E-state index in [1.54, 1.807) is 0 Å². The van der Waals surface area contributed by atoms with Gasteiger partial charge in [0.1, 0.15) is 0 Å². The average Bonchev–Trinajstić information content (AvgIpc) is 2.49. The van der Waals surface area contributed by atoms with Crippen LogP contribution in [0.5, 0.6) is 0 Å². The first kappa shape index (κ1) is 15.0. The van der Waals surface area contributed by atoms with Crippen molar-refractivity contribution in [3.63, 3.8) is 0 Å². The molecule has 21 heavy (non-hydrogen) atoms. The molecule has 0 unspecified atom stereocenters. The highest BCUT2D eigenvalue weighted by Gasteiger charge is 2.25. The lowest BCUT2D eigenvalue weighted by atomic mass is 9.80. The summed E-state index contributed by atoms with van der Waals surface area (Å²) in [5, 5.41) is 12.9. The minimum absolute atomic E-state index is 0.235. The summed E-state index contributed by atoms with van der Waals surface area (Å²) in [6.45, 7) is 4.18. The Morgan fingerprint density at radius 2 is 1.57 bits per heavy atom. The van der Waals surface area contributed by atoms with E-state index in [-0.39, 0.29) is 5.41 Å². The Morgan fingerprint density at radius 3 is 2.14 bits per heavy atom. The van der Waals surface area contributed by atoms with Crippen molar-refractivity contribution in [1.29, 1.82) is 0 Å². The molecule has 0 atom stereocenters. The number of rotatable bonds is 5. The van der Waals surface area contributed by atoms with Crippen LogP contribution in [0.15, 0.2) is 71.9 Å². The van der Waals surface area contributed by atoms with Crippen LogP contribution in [-0.2, 0) is 0 Å². The first-order valence-corrected chi connectivity index (χ1v) is 7.13. The normalized spacial score (nSPS) is 12.8. The standard InChI is InChI=1S/C19H21NO/c1-19(2,15-9-12-16-10-5-3-6-11-16)18(20-21)17-13-7-4-8-14-17/h3-14,21H,15H2,1-2H3/b12-9+,20-18+. The van der Waals surface area contributed by atoms with Crippen LogP contribution >= 0.6 is 0 Å². The fourth-order valence-electron chi connectivity index (χ4n) is 2.33. The van der Waals surface area contributed by atoms with Crippen LogP contribution in [0.25, 0.3) is 6.08 Å². The highest BCUT2D eigenvalue weighted by molar-refractivity contribution is 6.04. The van der Waals surface area contributed by atoms with Crippen molar-refractivity contribution in [2.75, 3.05) is 0 Å². The monoisotopic (exact) mass is 279 g/mol. The van der Waals surface area contributed by atoms with Crippen molar-refractivity contribution in [2.45, 2.75) is 20.3 Å². The Bertz CT molecular complexity index is 613. The van der Waals surface area contributed by atoms with Gasteiger partial charge in [-0.15, -0.1) is 0 Å². The van der Waals surface area contributed by atoms with E-state index in [1.807, 2.05) is 48.5 Å². The van der Waals surface area contributed by atoms with Crippen LogP contribution in [0.3, 0.4) is 0 Å². The molecule has 0 bridgehead atoms. The average molecular weight is 279 g/mol. The molecule has 2 rings (SSSR count). The van der Waals surface area contributed by atoms with Crippen molar-refractivity contribution in [3.8, 4) is 0 Å². The van der Waals surface area contributed by atoms with Gasteiger partial charge in [-0.05, 0) is 17.5 Å². The summed E-state index contributed by atoms with van der Waals surface area (Å²) in [5.41, 5.74) is 2.61. The Morgan fingerprint density at radius 1 is 1.00 bits per heavy atom. The third-order valence-electron chi connectivity index (χ3n) is 3.53. The molecule has 0 saturated heterocycles. The lowest BCUT2D eigenvalue weighted by Crippen LogP contribution is -2.24. The zero-order valence-electron chi connectivity index (χ0n) is 12.5. The molecule has 2 aromatic carbocycles. The van der Waals surface area contributed by atoms with E-state index in [1.165, 1.54) is 5.56 Å². The van der Waals surface area contributed by atoms with Crippen molar-refractivity contribution in [1.82, 2.24) is 0 Å². The number of allylic oxidation sites excluding steroid dienone is 1. The van der Waals surface area contributed by atoms with Gasteiger partial charge in [-0.25, -0.2) is 0 Å². The van der Waals surface area contributed by atoms with E-state index in [9.17, 15) is 5.21 Å². The Labute approximate surface area is 126 Å². The largest absolute Gasteiger partial charge is 0.411 e. The van der Waals surface area contributed by atoms with Gasteiger partial charge in [0, 0.05) is 5.41 Å². The van der Waals surface area contributed by atoms with Crippen molar-refractivity contribution < 1.29 is 5.21 Å². The number of oxime groups is 1. The maximum Gasteiger partial charge on any atom is 0.0926 e. The molecule has 1 N–H and O–H groups in total. The summed E-state index contributed by atoms with van der Waals surface area (Å²) in [7, 11) is 0. The summed E-state index contributed by atoms with van der Waals surface area (Å²) in [6, 6.07) is 20.0. The molecule has 0 amide bonds. The van der Waals surface area contributed by atoms with Gasteiger partial charge < -0.3 is 5.21 Å². The zero-order chi connectivity index (χ0) is 15.1. The van der Waals surface area contributed by atoms with Crippen molar-refractivity contribution in [2.24, 2.45) is 10.6 Å². The van der Waals surface area contributed by atoms with Crippen molar-refractivity contribution in [3.05, 3.63) is 77.9 Å². The molecular weight excluding hydrogens is 258 g/mol. The second-order valence-electron chi connectivity index (χ2n) is 5.72. The molecular formula is C19H21NO. The summed E-state index contributed by atoms with van der Waals surface area (Å²) in [4.78, 5) is 0. The molecule has 0 saturated carbocycles. The fraction of sp³-hybridized carbons (Fsp3) is 0.211. The van der Waals surface area contributed by atoms with E-state index >= 15 is 0 Å². The molecule has 0 fully saturated rings. The zero-order valence-corrected chi connectivity index (χ0v) is 12.5. The Balaban J connectivity index is 2.12. The number of benzene rings is 2. The van der Waals surface area contributed by atoms with Gasteiger partial charge in [0.05, 0.1) is 5.71 Å². The van der Waals surface area contributed by atoms with Crippen LogP contribution in [0.2, 0.25) is 0 Å². The second kappa shape index (κ2) is 6.89. The fourth-order valence-corrected chi connectivity index (χ4v) is 2.33. The summed E-state index contributed by atoms with van der Waals surface area (Å²) >= 11 is 0. The van der Waals surface area contributed by atoms with E-state index in [0.717, 1.165) is 12.0 Å². The van der Waals surface area contributed by atoms with Gasteiger partial charge >= 0.3 is 0 Å². The molecule has 0 aromatic heterocycles. The lowest BCUT2D eigenvalue weighted by molar-refractivity contribution is 0.310. The molecule has 0 spiro atoms. The predicted octanol–water partition coefficient (Wildman–Crippen LogP) is 4.99. The molecule has 108 valence electrons. The molecule has 2 aromatic rings. The molecule has 0 radical (unpaired) electrons. The van der Waals surface area contributed by atoms with Gasteiger partial charge in [0.25, 0.3) is 0 Å². The highest BCUT2D eigenvalue weighted by atomic mass is 16.4. The quantitative estimate of drug-likeness (QED) is 0.466. The number of hydrogen-bond acceptors (Lipinski definition) is 2. The third-order valence-corrected chi connectivity index (χ3v) is 3.53. The van der Waals surface area contributed by atoms with Crippen LogP contribution in [-0.4, -0.2) is 10.9 Å². The number of hydrogen-bond donors (Lipinski definition) is 1. The van der Waals surface area contributed by atoms with E-state index in [4.69, 9.17) is 0 Å². The summed E-state index contributed by atoms with van der Waals surface area (Å²) in [5.74, 6) is 0. The molecule has 0 heterocycles. The van der Waals surface area contributed by atoms with Gasteiger partial charge in [0.15, 0.2) is 0 Å². The topological polar surface area (TPSA) is 32.6 Å².